The molecule has 0 aliphatic rings. The quantitative estimate of drug-likeness (QED) is 0.772. The first kappa shape index (κ1) is 14.2. The molecule has 0 bridgehead atoms. The number of aromatic hydroxyl groups is 1. The highest BCUT2D eigenvalue weighted by atomic mass is 35.5. The number of carboxylic acids is 1. The van der Waals surface area contributed by atoms with E-state index >= 15 is 0 Å². The molecule has 2 N–H and O–H groups in total. The van der Waals surface area contributed by atoms with Crippen LogP contribution in [0.15, 0.2) is 42.6 Å². The molecule has 0 spiro atoms. The Bertz CT molecular complexity index is 860. The zero-order chi connectivity index (χ0) is 15.7. The Labute approximate surface area is 130 Å². The van der Waals surface area contributed by atoms with Crippen LogP contribution in [-0.4, -0.2) is 25.6 Å². The average Bonchev–Trinajstić information content (AvgIpc) is 2.83. The summed E-state index contributed by atoms with van der Waals surface area (Å²) in [4.78, 5) is 15.3. The van der Waals surface area contributed by atoms with Gasteiger partial charge < -0.3 is 14.9 Å². The van der Waals surface area contributed by atoms with E-state index in [1.54, 1.807) is 34.9 Å². The predicted molar refractivity (Wildman–Crippen MR) is 79.6 cm³/mol. The lowest BCUT2D eigenvalue weighted by molar-refractivity contribution is 0.0693. The highest BCUT2D eigenvalue weighted by Crippen LogP contribution is 2.21. The lowest BCUT2D eigenvalue weighted by atomic mass is 10.3. The number of hydrogen-bond acceptors (Lipinski definition) is 4. The summed E-state index contributed by atoms with van der Waals surface area (Å²) in [5.74, 6) is -0.235. The van der Waals surface area contributed by atoms with Gasteiger partial charge in [0.15, 0.2) is 11.5 Å². The van der Waals surface area contributed by atoms with E-state index < -0.39 is 5.97 Å². The lowest BCUT2D eigenvalue weighted by Crippen LogP contribution is -2.01. The van der Waals surface area contributed by atoms with Crippen molar-refractivity contribution in [2.45, 2.75) is 6.61 Å². The molecule has 3 aromatic rings. The molecule has 112 valence electrons. The molecule has 0 atom stereocenters. The number of aromatic carboxylic acids is 1. The Morgan fingerprint density at radius 3 is 2.86 bits per heavy atom. The zero-order valence-electron chi connectivity index (χ0n) is 11.2. The van der Waals surface area contributed by atoms with Crippen LogP contribution in [0.4, 0.5) is 0 Å². The minimum absolute atomic E-state index is 0.0304. The van der Waals surface area contributed by atoms with Crippen molar-refractivity contribution in [2.24, 2.45) is 0 Å². The molecule has 0 saturated carbocycles. The van der Waals surface area contributed by atoms with E-state index in [9.17, 15) is 15.0 Å². The molecular formula is C15H11ClN2O4. The number of halogens is 1. The summed E-state index contributed by atoms with van der Waals surface area (Å²) in [6.07, 6.45) is 1.54. The maximum atomic E-state index is 11.2. The van der Waals surface area contributed by atoms with E-state index in [1.165, 1.54) is 12.1 Å². The lowest BCUT2D eigenvalue weighted by Gasteiger charge is -2.06. The largest absolute Gasteiger partial charge is 0.508 e. The van der Waals surface area contributed by atoms with Crippen molar-refractivity contribution >= 4 is 23.1 Å². The smallest absolute Gasteiger partial charge is 0.356 e. The Morgan fingerprint density at radius 1 is 1.32 bits per heavy atom. The highest BCUT2D eigenvalue weighted by Gasteiger charge is 2.17. The molecule has 1 aromatic carbocycles. The van der Waals surface area contributed by atoms with Gasteiger partial charge in [0.25, 0.3) is 0 Å². The van der Waals surface area contributed by atoms with Gasteiger partial charge in [0, 0.05) is 17.3 Å². The summed E-state index contributed by atoms with van der Waals surface area (Å²) in [6.45, 7) is 0.0690. The van der Waals surface area contributed by atoms with Crippen LogP contribution >= 0.6 is 11.6 Å². The Kier molecular flexibility index (Phi) is 3.60. The molecule has 0 aliphatic heterocycles. The summed E-state index contributed by atoms with van der Waals surface area (Å²) >= 11 is 5.88. The standard InChI is InChI=1S/C15H11ClN2O4/c16-9-2-1-3-11(6-9)22-8-13-17-14(15(20)21)12-7-10(19)4-5-18(12)13/h1-7,19H,8H2,(H,20,21). The van der Waals surface area contributed by atoms with E-state index in [0.717, 1.165) is 0 Å². The molecule has 0 radical (unpaired) electrons. The van der Waals surface area contributed by atoms with Gasteiger partial charge in [-0.05, 0) is 24.3 Å². The van der Waals surface area contributed by atoms with Crippen LogP contribution in [0.1, 0.15) is 16.3 Å². The fourth-order valence-corrected chi connectivity index (χ4v) is 2.28. The molecule has 0 unspecified atom stereocenters. The van der Waals surface area contributed by atoms with Crippen molar-refractivity contribution in [3.63, 3.8) is 0 Å². The van der Waals surface area contributed by atoms with Crippen LogP contribution in [0.3, 0.4) is 0 Å². The molecular weight excluding hydrogens is 308 g/mol. The monoisotopic (exact) mass is 318 g/mol. The minimum Gasteiger partial charge on any atom is -0.508 e. The first-order valence-corrected chi connectivity index (χ1v) is 6.74. The number of pyridine rings is 1. The van der Waals surface area contributed by atoms with Gasteiger partial charge in [-0.25, -0.2) is 9.78 Å². The minimum atomic E-state index is -1.17. The average molecular weight is 319 g/mol. The van der Waals surface area contributed by atoms with E-state index in [-0.39, 0.29) is 18.1 Å². The van der Waals surface area contributed by atoms with E-state index in [1.807, 2.05) is 0 Å². The van der Waals surface area contributed by atoms with Gasteiger partial charge in [-0.1, -0.05) is 17.7 Å². The highest BCUT2D eigenvalue weighted by molar-refractivity contribution is 6.30. The van der Waals surface area contributed by atoms with Crippen molar-refractivity contribution in [3.05, 3.63) is 59.1 Å². The van der Waals surface area contributed by atoms with Crippen LogP contribution in [0, 0.1) is 0 Å². The van der Waals surface area contributed by atoms with Crippen molar-refractivity contribution < 1.29 is 19.7 Å². The Hall–Kier alpha value is -2.73. The van der Waals surface area contributed by atoms with Crippen molar-refractivity contribution in [2.75, 3.05) is 0 Å². The molecule has 2 heterocycles. The van der Waals surface area contributed by atoms with Crippen LogP contribution in [-0.2, 0) is 6.61 Å². The van der Waals surface area contributed by atoms with Crippen molar-refractivity contribution in [3.8, 4) is 11.5 Å². The Balaban J connectivity index is 1.95. The second-order valence-corrected chi connectivity index (χ2v) is 5.00. The SMILES string of the molecule is O=C(O)c1nc(COc2cccc(Cl)c2)n2ccc(O)cc12. The predicted octanol–water partition coefficient (Wildman–Crippen LogP) is 2.97. The normalized spacial score (nSPS) is 10.8. The second-order valence-electron chi connectivity index (χ2n) is 4.57. The zero-order valence-corrected chi connectivity index (χ0v) is 12.0. The maximum absolute atomic E-state index is 11.2. The summed E-state index contributed by atoms with van der Waals surface area (Å²) in [5.41, 5.74) is 0.165. The van der Waals surface area contributed by atoms with E-state index in [4.69, 9.17) is 16.3 Å². The molecule has 22 heavy (non-hydrogen) atoms. The third kappa shape index (κ3) is 2.68. The van der Waals surface area contributed by atoms with Gasteiger partial charge >= 0.3 is 5.97 Å². The molecule has 0 amide bonds. The molecule has 0 fully saturated rings. The molecule has 0 aliphatic carbocycles. The maximum Gasteiger partial charge on any atom is 0.356 e. The molecule has 7 heteroatoms. The number of hydrogen-bond donors (Lipinski definition) is 2. The van der Waals surface area contributed by atoms with E-state index in [2.05, 4.69) is 4.98 Å². The number of nitrogens with zero attached hydrogens (tertiary/aromatic N) is 2. The molecule has 0 saturated heterocycles. The van der Waals surface area contributed by atoms with Crippen LogP contribution in [0.25, 0.3) is 5.52 Å². The summed E-state index contributed by atoms with van der Waals surface area (Å²) in [6, 6.07) is 9.67. The number of benzene rings is 1. The van der Waals surface area contributed by atoms with Crippen LogP contribution < -0.4 is 4.74 Å². The van der Waals surface area contributed by atoms with Crippen LogP contribution in [0.2, 0.25) is 5.02 Å². The van der Waals surface area contributed by atoms with E-state index in [0.29, 0.717) is 22.1 Å². The van der Waals surface area contributed by atoms with Crippen LogP contribution in [0.5, 0.6) is 11.5 Å². The third-order valence-electron chi connectivity index (χ3n) is 3.07. The van der Waals surface area contributed by atoms with Crippen molar-refractivity contribution in [1.82, 2.24) is 9.38 Å². The number of carboxylic acid groups (broad SMARTS) is 1. The Morgan fingerprint density at radius 2 is 2.14 bits per heavy atom. The topological polar surface area (TPSA) is 84.1 Å². The number of imidazole rings is 1. The van der Waals surface area contributed by atoms with Crippen molar-refractivity contribution in [1.29, 1.82) is 0 Å². The first-order valence-electron chi connectivity index (χ1n) is 6.36. The second kappa shape index (κ2) is 5.57. The fraction of sp³-hybridized carbons (Fsp3) is 0.0667. The fourth-order valence-electron chi connectivity index (χ4n) is 2.10. The third-order valence-corrected chi connectivity index (χ3v) is 3.30. The number of carbonyl (C=O) groups is 1. The number of rotatable bonds is 4. The number of ether oxygens (including phenoxy) is 1. The van der Waals surface area contributed by atoms with Gasteiger partial charge in [-0.15, -0.1) is 0 Å². The summed E-state index contributed by atoms with van der Waals surface area (Å²) in [5, 5.41) is 19.2. The summed E-state index contributed by atoms with van der Waals surface area (Å²) < 4.78 is 7.14. The summed E-state index contributed by atoms with van der Waals surface area (Å²) in [7, 11) is 0. The molecule has 6 nitrogen and oxygen atoms in total. The van der Waals surface area contributed by atoms with Gasteiger partial charge in [-0.2, -0.15) is 0 Å². The van der Waals surface area contributed by atoms with Gasteiger partial charge in [0.2, 0.25) is 0 Å². The first-order chi connectivity index (χ1) is 10.5. The van der Waals surface area contributed by atoms with Gasteiger partial charge in [-0.3, -0.25) is 4.40 Å². The van der Waals surface area contributed by atoms with Gasteiger partial charge in [0.1, 0.15) is 18.1 Å². The number of aromatic nitrogens is 2. The number of fused-ring (bicyclic) bond motifs is 1. The van der Waals surface area contributed by atoms with Gasteiger partial charge in [0.05, 0.1) is 5.52 Å². The molecule has 3 rings (SSSR count). The molecule has 2 aromatic heterocycles.